The van der Waals surface area contributed by atoms with Gasteiger partial charge in [-0.05, 0) is 37.0 Å². The van der Waals surface area contributed by atoms with Crippen molar-refractivity contribution in [1.82, 2.24) is 19.8 Å². The molecule has 0 aromatic carbocycles. The summed E-state index contributed by atoms with van der Waals surface area (Å²) in [6.45, 7) is 5.94. The van der Waals surface area contributed by atoms with Crippen LogP contribution in [0.15, 0.2) is 33.7 Å². The van der Waals surface area contributed by atoms with Crippen LogP contribution in [0, 0.1) is 5.92 Å². The average molecular weight is 372 g/mol. The van der Waals surface area contributed by atoms with Crippen molar-refractivity contribution in [2.75, 3.05) is 26.2 Å². The molecule has 8 nitrogen and oxygen atoms in total. The van der Waals surface area contributed by atoms with Gasteiger partial charge in [-0.3, -0.25) is 9.59 Å². The van der Waals surface area contributed by atoms with E-state index in [1.807, 2.05) is 13.8 Å². The summed E-state index contributed by atoms with van der Waals surface area (Å²) in [4.78, 5) is 46.9. The molecule has 0 bridgehead atoms. The molecule has 1 aliphatic heterocycles. The molecule has 3 rings (SSSR count). The van der Waals surface area contributed by atoms with Crippen LogP contribution in [0.4, 0.5) is 0 Å². The summed E-state index contributed by atoms with van der Waals surface area (Å²) in [6.07, 6.45) is 2.79. The summed E-state index contributed by atoms with van der Waals surface area (Å²) in [5, 5.41) is 0. The topological polar surface area (TPSA) is 99.5 Å². The average Bonchev–Trinajstić information content (AvgIpc) is 3.04. The molecule has 1 saturated heterocycles. The normalized spacial score (nSPS) is 15.1. The van der Waals surface area contributed by atoms with E-state index in [9.17, 15) is 14.4 Å². The van der Waals surface area contributed by atoms with Crippen LogP contribution in [-0.2, 0) is 6.42 Å². The Morgan fingerprint density at radius 1 is 1.19 bits per heavy atom. The van der Waals surface area contributed by atoms with E-state index in [0.717, 1.165) is 0 Å². The summed E-state index contributed by atoms with van der Waals surface area (Å²) in [6, 6.07) is 4.96. The van der Waals surface area contributed by atoms with E-state index < -0.39 is 5.69 Å². The number of aromatic amines is 1. The molecule has 2 amide bonds. The molecule has 3 heterocycles. The first-order valence-electron chi connectivity index (χ1n) is 9.16. The lowest BCUT2D eigenvalue weighted by Crippen LogP contribution is -2.38. The van der Waals surface area contributed by atoms with Gasteiger partial charge in [-0.15, -0.1) is 0 Å². The zero-order valence-corrected chi connectivity index (χ0v) is 15.6. The molecule has 0 saturated carbocycles. The Bertz CT molecular complexity index is 857. The lowest BCUT2D eigenvalue weighted by atomic mass is 10.1. The summed E-state index contributed by atoms with van der Waals surface area (Å²) >= 11 is 0. The smallest absolute Gasteiger partial charge is 0.345 e. The number of H-pyrrole nitrogens is 1. The van der Waals surface area contributed by atoms with Gasteiger partial charge in [0, 0.05) is 31.9 Å². The zero-order valence-electron chi connectivity index (χ0n) is 15.6. The third-order valence-corrected chi connectivity index (χ3v) is 4.45. The number of rotatable bonds is 4. The molecular formula is C19H24N4O4. The van der Waals surface area contributed by atoms with E-state index in [0.29, 0.717) is 56.4 Å². The van der Waals surface area contributed by atoms with Gasteiger partial charge in [0.15, 0.2) is 5.76 Å². The van der Waals surface area contributed by atoms with Gasteiger partial charge in [0.1, 0.15) is 5.69 Å². The first-order valence-corrected chi connectivity index (χ1v) is 9.16. The van der Waals surface area contributed by atoms with Gasteiger partial charge < -0.3 is 19.2 Å². The second-order valence-electron chi connectivity index (χ2n) is 7.11. The van der Waals surface area contributed by atoms with Crippen LogP contribution in [0.5, 0.6) is 0 Å². The van der Waals surface area contributed by atoms with Gasteiger partial charge in [-0.2, -0.15) is 4.98 Å². The third-order valence-electron chi connectivity index (χ3n) is 4.45. The second-order valence-corrected chi connectivity index (χ2v) is 7.11. The molecule has 1 aliphatic rings. The lowest BCUT2D eigenvalue weighted by Gasteiger charge is -2.21. The van der Waals surface area contributed by atoms with Crippen molar-refractivity contribution in [2.24, 2.45) is 5.92 Å². The molecule has 0 radical (unpaired) electrons. The Morgan fingerprint density at radius 2 is 1.89 bits per heavy atom. The number of carbonyl (C=O) groups is 2. The highest BCUT2D eigenvalue weighted by atomic mass is 16.3. The van der Waals surface area contributed by atoms with Crippen LogP contribution >= 0.6 is 0 Å². The lowest BCUT2D eigenvalue weighted by molar-refractivity contribution is 0.0698. The molecule has 8 heteroatoms. The number of furan rings is 1. The van der Waals surface area contributed by atoms with Gasteiger partial charge in [-0.25, -0.2) is 4.79 Å². The predicted octanol–water partition coefficient (Wildman–Crippen LogP) is 1.55. The van der Waals surface area contributed by atoms with Crippen molar-refractivity contribution in [3.05, 3.63) is 52.1 Å². The first-order chi connectivity index (χ1) is 12.9. The second kappa shape index (κ2) is 8.20. The maximum Gasteiger partial charge on any atom is 0.345 e. The maximum absolute atomic E-state index is 12.8. The Morgan fingerprint density at radius 3 is 2.52 bits per heavy atom. The molecule has 0 atom stereocenters. The van der Waals surface area contributed by atoms with E-state index >= 15 is 0 Å². The quantitative estimate of drug-likeness (QED) is 0.878. The van der Waals surface area contributed by atoms with E-state index in [2.05, 4.69) is 9.97 Å². The number of nitrogens with zero attached hydrogens (tertiary/aromatic N) is 3. The summed E-state index contributed by atoms with van der Waals surface area (Å²) in [5.41, 5.74) is 0.346. The van der Waals surface area contributed by atoms with E-state index in [4.69, 9.17) is 4.42 Å². The van der Waals surface area contributed by atoms with Crippen molar-refractivity contribution in [1.29, 1.82) is 0 Å². The van der Waals surface area contributed by atoms with Crippen molar-refractivity contribution >= 4 is 11.8 Å². The van der Waals surface area contributed by atoms with E-state index in [1.165, 1.54) is 6.26 Å². The van der Waals surface area contributed by atoms with Gasteiger partial charge in [0.2, 0.25) is 0 Å². The van der Waals surface area contributed by atoms with Gasteiger partial charge in [0.25, 0.3) is 11.8 Å². The number of amides is 2. The molecule has 1 fully saturated rings. The van der Waals surface area contributed by atoms with Crippen LogP contribution < -0.4 is 5.69 Å². The van der Waals surface area contributed by atoms with Crippen molar-refractivity contribution in [3.8, 4) is 0 Å². The Hall–Kier alpha value is -2.90. The fourth-order valence-corrected chi connectivity index (χ4v) is 3.21. The highest BCUT2D eigenvalue weighted by Crippen LogP contribution is 2.12. The van der Waals surface area contributed by atoms with E-state index in [1.54, 1.807) is 28.0 Å². The number of aromatic nitrogens is 2. The minimum atomic E-state index is -0.513. The largest absolute Gasteiger partial charge is 0.459 e. The highest BCUT2D eigenvalue weighted by Gasteiger charge is 2.25. The molecule has 2 aromatic heterocycles. The SMILES string of the molecule is CC(C)Cc1cc(C(=O)N2CCCN(C(=O)c3ccco3)CC2)nc(=O)[nH]1. The minimum absolute atomic E-state index is 0.153. The molecule has 0 unspecified atom stereocenters. The van der Waals surface area contributed by atoms with Crippen LogP contribution in [0.25, 0.3) is 0 Å². The van der Waals surface area contributed by atoms with Crippen LogP contribution in [-0.4, -0.2) is 57.8 Å². The van der Waals surface area contributed by atoms with Crippen LogP contribution in [0.3, 0.4) is 0 Å². The molecule has 144 valence electrons. The molecular weight excluding hydrogens is 348 g/mol. The van der Waals surface area contributed by atoms with Gasteiger partial charge in [0.05, 0.1) is 6.26 Å². The number of nitrogens with one attached hydrogen (secondary N) is 1. The van der Waals surface area contributed by atoms with Gasteiger partial charge in [-0.1, -0.05) is 13.8 Å². The van der Waals surface area contributed by atoms with Gasteiger partial charge >= 0.3 is 5.69 Å². The fraction of sp³-hybridized carbons (Fsp3) is 0.474. The summed E-state index contributed by atoms with van der Waals surface area (Å²) in [5.74, 6) is 0.191. The molecule has 0 spiro atoms. The van der Waals surface area contributed by atoms with Crippen molar-refractivity contribution in [3.63, 3.8) is 0 Å². The standard InChI is InChI=1S/C19H24N4O4/c1-13(2)11-14-12-15(21-19(26)20-14)17(24)22-6-4-7-23(9-8-22)18(25)16-5-3-10-27-16/h3,5,10,12-13H,4,6-9,11H2,1-2H3,(H,20,21,26). The molecule has 2 aromatic rings. The summed E-state index contributed by atoms with van der Waals surface area (Å²) < 4.78 is 5.17. The summed E-state index contributed by atoms with van der Waals surface area (Å²) in [7, 11) is 0. The monoisotopic (exact) mass is 372 g/mol. The number of hydrogen-bond acceptors (Lipinski definition) is 5. The molecule has 27 heavy (non-hydrogen) atoms. The van der Waals surface area contributed by atoms with Crippen LogP contribution in [0.2, 0.25) is 0 Å². The Kier molecular flexibility index (Phi) is 5.73. The number of carbonyl (C=O) groups excluding carboxylic acids is 2. The predicted molar refractivity (Wildman–Crippen MR) is 98.5 cm³/mol. The zero-order chi connectivity index (χ0) is 19.4. The van der Waals surface area contributed by atoms with E-state index in [-0.39, 0.29) is 17.5 Å². The highest BCUT2D eigenvalue weighted by molar-refractivity contribution is 5.93. The Labute approximate surface area is 157 Å². The third kappa shape index (κ3) is 4.64. The number of hydrogen-bond donors (Lipinski definition) is 1. The first kappa shape index (κ1) is 18.9. The maximum atomic E-state index is 12.8. The molecule has 1 N–H and O–H groups in total. The van der Waals surface area contributed by atoms with Crippen LogP contribution in [0.1, 0.15) is 47.0 Å². The minimum Gasteiger partial charge on any atom is -0.459 e. The Balaban J connectivity index is 1.70. The molecule has 0 aliphatic carbocycles. The van der Waals surface area contributed by atoms with Crippen molar-refractivity contribution in [2.45, 2.75) is 26.7 Å². The van der Waals surface area contributed by atoms with Crippen molar-refractivity contribution < 1.29 is 14.0 Å². The fourth-order valence-electron chi connectivity index (χ4n) is 3.21.